The zero-order chi connectivity index (χ0) is 26.0. The number of pyridine rings is 1. The highest BCUT2D eigenvalue weighted by molar-refractivity contribution is 7.89. The third-order valence-corrected chi connectivity index (χ3v) is 9.01. The normalized spacial score (nSPS) is 18.6. The van der Waals surface area contributed by atoms with E-state index in [1.54, 1.807) is 54.9 Å². The maximum absolute atomic E-state index is 13.1. The number of nitrogens with zero attached hydrogens (tertiary/aromatic N) is 3. The predicted octanol–water partition coefficient (Wildman–Crippen LogP) is 3.89. The van der Waals surface area contributed by atoms with E-state index in [4.69, 9.17) is 14.5 Å². The maximum Gasteiger partial charge on any atom is 0.243 e. The van der Waals surface area contributed by atoms with E-state index in [1.807, 2.05) is 12.1 Å². The van der Waals surface area contributed by atoms with Crippen molar-refractivity contribution < 1.29 is 22.7 Å². The number of benzene rings is 2. The number of hydrogen-bond donors (Lipinski definition) is 1. The number of nitrogens with one attached hydrogen (secondary N) is 1. The molecule has 10 heteroatoms. The highest BCUT2D eigenvalue weighted by Gasteiger charge is 2.29. The molecule has 0 unspecified atom stereocenters. The fourth-order valence-corrected chi connectivity index (χ4v) is 6.62. The van der Waals surface area contributed by atoms with Crippen molar-refractivity contribution >= 4 is 38.3 Å². The molecule has 2 fully saturated rings. The lowest BCUT2D eigenvalue weighted by molar-refractivity contribution is -0.120. The van der Waals surface area contributed by atoms with Gasteiger partial charge in [-0.1, -0.05) is 0 Å². The van der Waals surface area contributed by atoms with Gasteiger partial charge in [0.25, 0.3) is 0 Å². The van der Waals surface area contributed by atoms with Gasteiger partial charge in [0, 0.05) is 43.3 Å². The molecule has 9 nitrogen and oxygen atoms in total. The number of carbonyl (C=O) groups is 1. The Bertz CT molecular complexity index is 1410. The molecule has 1 amide bonds. The Hall–Kier alpha value is -3.37. The largest absolute Gasteiger partial charge is 0.493 e. The molecule has 2 aliphatic rings. The summed E-state index contributed by atoms with van der Waals surface area (Å²) in [6.45, 7) is 2.51. The highest BCUT2D eigenvalue weighted by atomic mass is 32.2. The third-order valence-electron chi connectivity index (χ3n) is 7.12. The van der Waals surface area contributed by atoms with E-state index < -0.39 is 10.0 Å². The summed E-state index contributed by atoms with van der Waals surface area (Å²) in [6.07, 6.45) is 3.47. The van der Waals surface area contributed by atoms with E-state index in [2.05, 4.69) is 10.2 Å². The Morgan fingerprint density at radius 1 is 0.946 bits per heavy atom. The molecular weight excluding hydrogens is 492 g/mol. The molecule has 2 aliphatic heterocycles. The lowest BCUT2D eigenvalue weighted by Crippen LogP contribution is -2.41. The molecule has 1 aromatic heterocycles. The van der Waals surface area contributed by atoms with Crippen LogP contribution in [0.2, 0.25) is 0 Å². The SMILES string of the molecule is COc1ccc(NC(=O)[C@@H]2CCCN(c3ccc4cc(S(=O)(=O)N5CCCC5)ccc4n3)C2)cc1OC. The second kappa shape index (κ2) is 10.5. The Balaban J connectivity index is 1.29. The third kappa shape index (κ3) is 5.21. The number of rotatable bonds is 7. The lowest BCUT2D eigenvalue weighted by Gasteiger charge is -2.33. The summed E-state index contributed by atoms with van der Waals surface area (Å²) in [4.78, 5) is 20.3. The Morgan fingerprint density at radius 2 is 1.73 bits per heavy atom. The average Bonchev–Trinajstić information content (AvgIpc) is 3.48. The van der Waals surface area contributed by atoms with Crippen molar-refractivity contribution in [3.8, 4) is 11.5 Å². The molecule has 5 rings (SSSR count). The maximum atomic E-state index is 13.1. The molecule has 1 N–H and O–H groups in total. The van der Waals surface area contributed by atoms with Gasteiger partial charge in [0.1, 0.15) is 5.82 Å². The average molecular weight is 525 g/mol. The van der Waals surface area contributed by atoms with E-state index >= 15 is 0 Å². The van der Waals surface area contributed by atoms with E-state index in [1.165, 1.54) is 0 Å². The molecule has 0 radical (unpaired) electrons. The highest BCUT2D eigenvalue weighted by Crippen LogP contribution is 2.31. The first kappa shape index (κ1) is 25.3. The zero-order valence-corrected chi connectivity index (χ0v) is 22.0. The predicted molar refractivity (Wildman–Crippen MR) is 143 cm³/mol. The monoisotopic (exact) mass is 524 g/mol. The summed E-state index contributed by atoms with van der Waals surface area (Å²) in [5.41, 5.74) is 1.39. The first-order valence-corrected chi connectivity index (χ1v) is 14.0. The smallest absolute Gasteiger partial charge is 0.243 e. The molecule has 1 atom stereocenters. The molecule has 0 aliphatic carbocycles. The lowest BCUT2D eigenvalue weighted by atomic mass is 9.97. The fraction of sp³-hybridized carbons (Fsp3) is 0.407. The quantitative estimate of drug-likeness (QED) is 0.500. The van der Waals surface area contributed by atoms with Gasteiger partial charge < -0.3 is 19.7 Å². The van der Waals surface area contributed by atoms with Crippen LogP contribution < -0.4 is 19.7 Å². The van der Waals surface area contributed by atoms with Crippen LogP contribution in [0.25, 0.3) is 10.9 Å². The Kier molecular flexibility index (Phi) is 7.21. The van der Waals surface area contributed by atoms with E-state index in [0.29, 0.717) is 41.7 Å². The summed E-state index contributed by atoms with van der Waals surface area (Å²) < 4.78 is 38.0. The first-order valence-electron chi connectivity index (χ1n) is 12.6. The molecule has 196 valence electrons. The van der Waals surface area contributed by atoms with Crippen LogP contribution >= 0.6 is 0 Å². The van der Waals surface area contributed by atoms with Crippen LogP contribution in [-0.4, -0.2) is 64.0 Å². The molecule has 0 spiro atoms. The van der Waals surface area contributed by atoms with E-state index in [9.17, 15) is 13.2 Å². The van der Waals surface area contributed by atoms with Gasteiger partial charge in [0.2, 0.25) is 15.9 Å². The zero-order valence-electron chi connectivity index (χ0n) is 21.1. The van der Waals surface area contributed by atoms with Crippen LogP contribution in [0.15, 0.2) is 53.4 Å². The second-order valence-electron chi connectivity index (χ2n) is 9.48. The van der Waals surface area contributed by atoms with Crippen molar-refractivity contribution in [1.82, 2.24) is 9.29 Å². The van der Waals surface area contributed by atoms with Crippen molar-refractivity contribution in [2.24, 2.45) is 5.92 Å². The summed E-state index contributed by atoms with van der Waals surface area (Å²) in [6, 6.07) is 14.2. The minimum atomic E-state index is -3.48. The minimum absolute atomic E-state index is 0.0468. The van der Waals surface area contributed by atoms with Crippen LogP contribution in [-0.2, 0) is 14.8 Å². The molecule has 0 saturated carbocycles. The number of hydrogen-bond acceptors (Lipinski definition) is 7. The fourth-order valence-electron chi connectivity index (χ4n) is 5.06. The van der Waals surface area contributed by atoms with Crippen molar-refractivity contribution in [2.45, 2.75) is 30.6 Å². The molecular formula is C27H32N4O5S. The van der Waals surface area contributed by atoms with Gasteiger partial charge in [-0.25, -0.2) is 13.4 Å². The van der Waals surface area contributed by atoms with Gasteiger partial charge in [-0.05, 0) is 68.1 Å². The number of fused-ring (bicyclic) bond motifs is 1. The number of amides is 1. The number of aromatic nitrogens is 1. The van der Waals surface area contributed by atoms with E-state index in [0.717, 1.165) is 48.9 Å². The van der Waals surface area contributed by atoms with Crippen LogP contribution in [0.4, 0.5) is 11.5 Å². The van der Waals surface area contributed by atoms with Crippen LogP contribution in [0.5, 0.6) is 11.5 Å². The summed E-state index contributed by atoms with van der Waals surface area (Å²) >= 11 is 0. The van der Waals surface area contributed by atoms with Crippen LogP contribution in [0.3, 0.4) is 0 Å². The Morgan fingerprint density at radius 3 is 2.49 bits per heavy atom. The van der Waals surface area contributed by atoms with Gasteiger partial charge in [0.15, 0.2) is 11.5 Å². The van der Waals surface area contributed by atoms with Crippen LogP contribution in [0, 0.1) is 5.92 Å². The number of methoxy groups -OCH3 is 2. The van der Waals surface area contributed by atoms with Crippen molar-refractivity contribution in [1.29, 1.82) is 0 Å². The van der Waals surface area contributed by atoms with Crippen LogP contribution in [0.1, 0.15) is 25.7 Å². The Labute approximate surface area is 217 Å². The van der Waals surface area contributed by atoms with Gasteiger partial charge >= 0.3 is 0 Å². The van der Waals surface area contributed by atoms with Gasteiger partial charge in [-0.15, -0.1) is 0 Å². The molecule has 37 heavy (non-hydrogen) atoms. The van der Waals surface area contributed by atoms with Crippen molar-refractivity contribution in [3.63, 3.8) is 0 Å². The molecule has 2 aromatic carbocycles. The first-order chi connectivity index (χ1) is 17.9. The van der Waals surface area contributed by atoms with Gasteiger partial charge in [-0.3, -0.25) is 4.79 Å². The number of sulfonamides is 1. The van der Waals surface area contributed by atoms with E-state index in [-0.39, 0.29) is 11.8 Å². The van der Waals surface area contributed by atoms with Crippen molar-refractivity contribution in [2.75, 3.05) is 50.6 Å². The standard InChI is InChI=1S/C27H32N4O5S/c1-35-24-11-8-21(17-25(24)36-2)28-27(32)20-6-5-13-30(18-20)26-12-7-19-16-22(9-10-23(19)29-26)37(33,34)31-14-3-4-15-31/h7-12,16-17,20H,3-6,13-15,18H2,1-2H3,(H,28,32)/t20-/m1/s1. The van der Waals surface area contributed by atoms with Gasteiger partial charge in [-0.2, -0.15) is 4.31 Å². The number of carbonyl (C=O) groups excluding carboxylic acids is 1. The summed E-state index contributed by atoms with van der Waals surface area (Å²) in [5.74, 6) is 1.71. The molecule has 0 bridgehead atoms. The number of anilines is 2. The molecule has 2 saturated heterocycles. The summed E-state index contributed by atoms with van der Waals surface area (Å²) in [5, 5.41) is 3.78. The topological polar surface area (TPSA) is 101 Å². The number of ether oxygens (including phenoxy) is 2. The number of piperidine rings is 1. The second-order valence-corrected chi connectivity index (χ2v) is 11.4. The van der Waals surface area contributed by atoms with Gasteiger partial charge in [0.05, 0.1) is 30.5 Å². The minimum Gasteiger partial charge on any atom is -0.493 e. The van der Waals surface area contributed by atoms with Crippen molar-refractivity contribution in [3.05, 3.63) is 48.5 Å². The summed E-state index contributed by atoms with van der Waals surface area (Å²) in [7, 11) is -0.342. The molecule has 3 heterocycles. The molecule has 3 aromatic rings.